The maximum absolute atomic E-state index is 12.2. The number of nitrogens with zero attached hydrogens (tertiary/aromatic N) is 2. The third kappa shape index (κ3) is 4.37. The average Bonchev–Trinajstić information content (AvgIpc) is 3.09. The minimum atomic E-state index is -0.369. The van der Waals surface area contributed by atoms with Gasteiger partial charge in [-0.15, -0.1) is 0 Å². The van der Waals surface area contributed by atoms with Gasteiger partial charge in [-0.3, -0.25) is 9.89 Å². The van der Waals surface area contributed by atoms with Gasteiger partial charge in [0.25, 0.3) is 5.91 Å². The number of aromatic amines is 1. The number of rotatable bonds is 5. The lowest BCUT2D eigenvalue weighted by molar-refractivity contribution is 0.0950. The molecule has 134 valence electrons. The Kier molecular flexibility index (Phi) is 5.46. The molecule has 0 aliphatic heterocycles. The Hall–Kier alpha value is -2.83. The maximum Gasteiger partial charge on any atom is 0.291 e. The Morgan fingerprint density at radius 2 is 1.84 bits per heavy atom. The first-order valence-electron chi connectivity index (χ1n) is 7.89. The Bertz CT molecular complexity index is 788. The van der Waals surface area contributed by atoms with Crippen LogP contribution in [0.15, 0.2) is 29.4 Å². The van der Waals surface area contributed by atoms with E-state index in [9.17, 15) is 4.79 Å². The van der Waals surface area contributed by atoms with Crippen LogP contribution in [0.1, 0.15) is 49.4 Å². The first kappa shape index (κ1) is 18.5. The molecule has 1 amide bonds. The van der Waals surface area contributed by atoms with E-state index in [1.807, 2.05) is 26.8 Å². The molecule has 0 aliphatic carbocycles. The number of hydrazone groups is 1. The van der Waals surface area contributed by atoms with E-state index in [1.165, 1.54) is 0 Å². The molecule has 2 N–H and O–H groups in total. The molecule has 2 rings (SSSR count). The molecule has 0 aliphatic rings. The van der Waals surface area contributed by atoms with Gasteiger partial charge >= 0.3 is 0 Å². The lowest BCUT2D eigenvalue weighted by Gasteiger charge is -2.14. The number of benzene rings is 1. The van der Waals surface area contributed by atoms with Crippen LogP contribution in [-0.2, 0) is 5.41 Å². The van der Waals surface area contributed by atoms with Crippen LogP contribution >= 0.6 is 0 Å². The van der Waals surface area contributed by atoms with Crippen LogP contribution in [0.3, 0.4) is 0 Å². The largest absolute Gasteiger partial charge is 0.493 e. The molecule has 0 unspecified atom stereocenters. The van der Waals surface area contributed by atoms with Crippen LogP contribution in [-0.4, -0.2) is 36.0 Å². The Morgan fingerprint density at radius 3 is 2.40 bits per heavy atom. The van der Waals surface area contributed by atoms with Crippen molar-refractivity contribution in [3.05, 3.63) is 41.2 Å². The van der Waals surface area contributed by atoms with E-state index in [-0.39, 0.29) is 11.3 Å². The van der Waals surface area contributed by atoms with Crippen LogP contribution < -0.4 is 14.9 Å². The molecule has 1 aromatic carbocycles. The van der Waals surface area contributed by atoms with Crippen LogP contribution in [0.25, 0.3) is 0 Å². The second-order valence-electron chi connectivity index (χ2n) is 6.62. The van der Waals surface area contributed by atoms with E-state index < -0.39 is 0 Å². The Balaban J connectivity index is 2.13. The van der Waals surface area contributed by atoms with Gasteiger partial charge in [-0.05, 0) is 31.2 Å². The smallest absolute Gasteiger partial charge is 0.291 e. The van der Waals surface area contributed by atoms with Gasteiger partial charge in [0.2, 0.25) is 0 Å². The molecule has 0 radical (unpaired) electrons. The summed E-state index contributed by atoms with van der Waals surface area (Å²) >= 11 is 0. The number of hydrogen-bond donors (Lipinski definition) is 2. The van der Waals surface area contributed by atoms with Gasteiger partial charge in [-0.25, -0.2) is 5.43 Å². The van der Waals surface area contributed by atoms with Crippen molar-refractivity contribution in [3.8, 4) is 11.5 Å². The van der Waals surface area contributed by atoms with E-state index in [0.29, 0.717) is 22.9 Å². The molecular weight excluding hydrogens is 320 g/mol. The van der Waals surface area contributed by atoms with Crippen LogP contribution in [0.2, 0.25) is 0 Å². The number of carbonyl (C=O) groups excluding carboxylic acids is 1. The topological polar surface area (TPSA) is 88.6 Å². The van der Waals surface area contributed by atoms with Crippen molar-refractivity contribution in [2.45, 2.75) is 33.1 Å². The summed E-state index contributed by atoms with van der Waals surface area (Å²) in [6.45, 7) is 7.93. The normalized spacial score (nSPS) is 12.0. The van der Waals surface area contributed by atoms with Gasteiger partial charge in [-0.1, -0.05) is 20.8 Å². The highest BCUT2D eigenvalue weighted by molar-refractivity contribution is 6.00. The third-order valence-corrected chi connectivity index (χ3v) is 3.74. The maximum atomic E-state index is 12.2. The zero-order valence-corrected chi connectivity index (χ0v) is 15.4. The zero-order valence-electron chi connectivity index (χ0n) is 15.4. The summed E-state index contributed by atoms with van der Waals surface area (Å²) in [4.78, 5) is 12.2. The van der Waals surface area contributed by atoms with Crippen LogP contribution in [0.5, 0.6) is 11.5 Å². The number of methoxy groups -OCH3 is 2. The van der Waals surface area contributed by atoms with E-state index in [2.05, 4.69) is 20.7 Å². The summed E-state index contributed by atoms with van der Waals surface area (Å²) in [5.74, 6) is 0.865. The number of nitrogens with one attached hydrogen (secondary N) is 2. The van der Waals surface area contributed by atoms with Crippen molar-refractivity contribution in [1.29, 1.82) is 0 Å². The number of amides is 1. The summed E-state index contributed by atoms with van der Waals surface area (Å²) in [7, 11) is 3.15. The van der Waals surface area contributed by atoms with E-state index in [1.54, 1.807) is 39.3 Å². The average molecular weight is 344 g/mol. The summed E-state index contributed by atoms with van der Waals surface area (Å²) in [6.07, 6.45) is 0. The monoisotopic (exact) mass is 344 g/mol. The number of carbonyl (C=O) groups is 1. The fraction of sp³-hybridized carbons (Fsp3) is 0.389. The Morgan fingerprint density at radius 1 is 1.16 bits per heavy atom. The summed E-state index contributed by atoms with van der Waals surface area (Å²) < 4.78 is 10.5. The molecule has 2 aromatic rings. The highest BCUT2D eigenvalue weighted by atomic mass is 16.5. The highest BCUT2D eigenvalue weighted by Crippen LogP contribution is 2.27. The van der Waals surface area contributed by atoms with Gasteiger partial charge in [0.15, 0.2) is 17.2 Å². The third-order valence-electron chi connectivity index (χ3n) is 3.74. The van der Waals surface area contributed by atoms with Crippen LogP contribution in [0, 0.1) is 0 Å². The number of hydrogen-bond acceptors (Lipinski definition) is 5. The van der Waals surface area contributed by atoms with Gasteiger partial charge in [0.1, 0.15) is 0 Å². The quantitative estimate of drug-likeness (QED) is 0.645. The van der Waals surface area contributed by atoms with E-state index in [4.69, 9.17) is 9.47 Å². The van der Waals surface area contributed by atoms with Gasteiger partial charge in [-0.2, -0.15) is 10.2 Å². The summed E-state index contributed by atoms with van der Waals surface area (Å²) in [5, 5.41) is 11.1. The summed E-state index contributed by atoms with van der Waals surface area (Å²) in [6, 6.07) is 7.17. The molecule has 1 heterocycles. The molecule has 7 nitrogen and oxygen atoms in total. The van der Waals surface area contributed by atoms with Crippen molar-refractivity contribution in [1.82, 2.24) is 15.6 Å². The number of H-pyrrole nitrogens is 1. The molecule has 0 saturated carbocycles. The molecule has 0 spiro atoms. The fourth-order valence-electron chi connectivity index (χ4n) is 2.14. The molecule has 25 heavy (non-hydrogen) atoms. The summed E-state index contributed by atoms with van der Waals surface area (Å²) in [5.41, 5.74) is 5.06. The molecule has 7 heteroatoms. The Labute approximate surface area is 147 Å². The lowest BCUT2D eigenvalue weighted by atomic mass is 9.92. The lowest BCUT2D eigenvalue weighted by Crippen LogP contribution is -2.19. The number of ether oxygens (including phenoxy) is 2. The van der Waals surface area contributed by atoms with Crippen molar-refractivity contribution in [2.24, 2.45) is 5.10 Å². The van der Waals surface area contributed by atoms with E-state index >= 15 is 0 Å². The van der Waals surface area contributed by atoms with Gasteiger partial charge in [0.05, 0.1) is 19.9 Å². The first-order valence-corrected chi connectivity index (χ1v) is 7.89. The number of aromatic nitrogens is 2. The SMILES string of the molecule is COc1ccc(C(C)=NNC(=O)c2cc(C(C)(C)C)[nH]n2)cc1OC. The highest BCUT2D eigenvalue weighted by Gasteiger charge is 2.19. The van der Waals surface area contributed by atoms with Gasteiger partial charge < -0.3 is 9.47 Å². The van der Waals surface area contributed by atoms with Gasteiger partial charge in [0, 0.05) is 16.7 Å². The first-order chi connectivity index (χ1) is 11.8. The van der Waals surface area contributed by atoms with E-state index in [0.717, 1.165) is 11.3 Å². The molecule has 0 saturated heterocycles. The second-order valence-corrected chi connectivity index (χ2v) is 6.62. The standard InChI is InChI=1S/C18H24N4O3/c1-11(12-7-8-14(24-5)15(9-12)25-6)19-22-17(23)13-10-16(21-20-13)18(2,3)4/h7-10H,1-6H3,(H,20,21)(H,22,23). The predicted octanol–water partition coefficient (Wildman–Crippen LogP) is 2.88. The fourth-order valence-corrected chi connectivity index (χ4v) is 2.14. The predicted molar refractivity (Wildman–Crippen MR) is 96.5 cm³/mol. The van der Waals surface area contributed by atoms with Crippen molar-refractivity contribution in [3.63, 3.8) is 0 Å². The molecule has 1 aromatic heterocycles. The molecule has 0 atom stereocenters. The van der Waals surface area contributed by atoms with Crippen molar-refractivity contribution < 1.29 is 14.3 Å². The minimum absolute atomic E-state index is 0.107. The molecular formula is C18H24N4O3. The van der Waals surface area contributed by atoms with Crippen molar-refractivity contribution >= 4 is 11.6 Å². The molecule has 0 fully saturated rings. The zero-order chi connectivity index (χ0) is 18.6. The second kappa shape index (κ2) is 7.38. The van der Waals surface area contributed by atoms with Crippen molar-refractivity contribution in [2.75, 3.05) is 14.2 Å². The minimum Gasteiger partial charge on any atom is -0.493 e. The molecule has 0 bridgehead atoms. The van der Waals surface area contributed by atoms with Crippen LogP contribution in [0.4, 0.5) is 0 Å².